The first-order valence-corrected chi connectivity index (χ1v) is 11.1. The van der Waals surface area contributed by atoms with Gasteiger partial charge in [-0.2, -0.15) is 0 Å². The van der Waals surface area contributed by atoms with Crippen LogP contribution in [0, 0.1) is 6.92 Å². The summed E-state index contributed by atoms with van der Waals surface area (Å²) in [5.74, 6) is 1.32. The lowest BCUT2D eigenvalue weighted by molar-refractivity contribution is 0.290. The van der Waals surface area contributed by atoms with Gasteiger partial charge in [0.05, 0.1) is 5.69 Å². The summed E-state index contributed by atoms with van der Waals surface area (Å²) in [4.78, 5) is 12.9. The van der Waals surface area contributed by atoms with Crippen LogP contribution in [0.5, 0.6) is 5.75 Å². The van der Waals surface area contributed by atoms with Crippen LogP contribution in [0.3, 0.4) is 0 Å². The molecule has 0 aliphatic heterocycles. The number of aromatic nitrogens is 1. The third kappa shape index (κ3) is 4.79. The van der Waals surface area contributed by atoms with Crippen molar-refractivity contribution < 1.29 is 4.74 Å². The highest BCUT2D eigenvalue weighted by Gasteiger charge is 2.29. The Bertz CT molecular complexity index is 1080. The van der Waals surface area contributed by atoms with Gasteiger partial charge in [0.2, 0.25) is 0 Å². The van der Waals surface area contributed by atoms with Crippen LogP contribution in [0.1, 0.15) is 53.6 Å². The van der Waals surface area contributed by atoms with Crippen molar-refractivity contribution in [2.45, 2.75) is 58.6 Å². The highest BCUT2D eigenvalue weighted by molar-refractivity contribution is 6.30. The molecule has 30 heavy (non-hydrogen) atoms. The fraction of sp³-hybridized carbons (Fsp3) is 0.346. The van der Waals surface area contributed by atoms with Gasteiger partial charge in [0, 0.05) is 6.54 Å². The van der Waals surface area contributed by atoms with E-state index < -0.39 is 0 Å². The van der Waals surface area contributed by atoms with Crippen molar-refractivity contribution in [1.29, 1.82) is 0 Å². The lowest BCUT2D eigenvalue weighted by atomic mass is 10.1. The number of aryl methyl sites for hydroxylation is 3. The number of pyridine rings is 1. The molecule has 4 heteroatoms. The van der Waals surface area contributed by atoms with E-state index in [-0.39, 0.29) is 5.56 Å². The summed E-state index contributed by atoms with van der Waals surface area (Å²) in [6.07, 6.45) is 4.03. The molecule has 156 valence electrons. The van der Waals surface area contributed by atoms with Crippen LogP contribution in [0.25, 0.3) is 0 Å². The summed E-state index contributed by atoms with van der Waals surface area (Å²) in [6, 6.07) is 18.5. The number of nitrogens with zero attached hydrogens (tertiary/aromatic N) is 1. The molecule has 1 aliphatic rings. The van der Waals surface area contributed by atoms with Gasteiger partial charge in [-0.05, 0) is 73.4 Å². The Balaban J connectivity index is 1.63. The summed E-state index contributed by atoms with van der Waals surface area (Å²) in [5, 5.41) is 0.303. The highest BCUT2D eigenvalue weighted by Crippen LogP contribution is 2.42. The van der Waals surface area contributed by atoms with Gasteiger partial charge in [-0.25, -0.2) is 0 Å². The number of rotatable bonds is 8. The lowest BCUT2D eigenvalue weighted by Crippen LogP contribution is -2.27. The molecular formula is C26H28ClNO2. The van der Waals surface area contributed by atoms with E-state index in [0.29, 0.717) is 24.1 Å². The molecule has 2 aromatic carbocycles. The Morgan fingerprint density at radius 1 is 1.07 bits per heavy atom. The zero-order valence-corrected chi connectivity index (χ0v) is 18.4. The Kier molecular flexibility index (Phi) is 6.29. The van der Waals surface area contributed by atoms with E-state index in [1.54, 1.807) is 0 Å². The number of halogens is 1. The molecule has 1 fully saturated rings. The monoisotopic (exact) mass is 421 g/mol. The van der Waals surface area contributed by atoms with Crippen LogP contribution in [0.2, 0.25) is 5.02 Å². The fourth-order valence-electron chi connectivity index (χ4n) is 3.84. The number of ether oxygens (including phenoxy) is 1. The Morgan fingerprint density at radius 3 is 2.53 bits per heavy atom. The molecule has 0 unspecified atom stereocenters. The second-order valence-corrected chi connectivity index (χ2v) is 8.56. The number of hydrogen-bond acceptors (Lipinski definition) is 2. The van der Waals surface area contributed by atoms with Crippen LogP contribution < -0.4 is 10.3 Å². The van der Waals surface area contributed by atoms with Crippen molar-refractivity contribution in [3.8, 4) is 5.75 Å². The van der Waals surface area contributed by atoms with E-state index in [1.165, 1.54) is 16.7 Å². The largest absolute Gasteiger partial charge is 0.487 e. The van der Waals surface area contributed by atoms with Gasteiger partial charge >= 0.3 is 0 Å². The number of hydrogen-bond donors (Lipinski definition) is 0. The van der Waals surface area contributed by atoms with Gasteiger partial charge in [-0.3, -0.25) is 4.79 Å². The summed E-state index contributed by atoms with van der Waals surface area (Å²) in [5.41, 5.74) is 5.67. The second-order valence-electron chi connectivity index (χ2n) is 8.15. The molecule has 3 aromatic rings. The SMILES string of the molecule is CCc1cccc(OCc2c(C3CC3)cc(Cl)c(=O)n2CCc2ccc(C)cc2)c1. The summed E-state index contributed by atoms with van der Waals surface area (Å²) < 4.78 is 7.99. The molecular weight excluding hydrogens is 394 g/mol. The smallest absolute Gasteiger partial charge is 0.269 e. The van der Waals surface area contributed by atoms with E-state index in [2.05, 4.69) is 50.2 Å². The van der Waals surface area contributed by atoms with Gasteiger partial charge in [0.1, 0.15) is 17.4 Å². The molecule has 0 atom stereocenters. The Labute approximate surface area is 183 Å². The first-order chi connectivity index (χ1) is 14.5. The minimum atomic E-state index is -0.130. The first kappa shape index (κ1) is 20.7. The van der Waals surface area contributed by atoms with E-state index in [4.69, 9.17) is 16.3 Å². The Morgan fingerprint density at radius 2 is 1.83 bits per heavy atom. The first-order valence-electron chi connectivity index (χ1n) is 10.7. The molecule has 0 radical (unpaired) electrons. The predicted molar refractivity (Wildman–Crippen MR) is 123 cm³/mol. The molecule has 0 saturated heterocycles. The second kappa shape index (κ2) is 9.09. The molecule has 4 rings (SSSR count). The zero-order valence-electron chi connectivity index (χ0n) is 17.7. The third-order valence-corrected chi connectivity index (χ3v) is 6.11. The van der Waals surface area contributed by atoms with E-state index in [1.807, 2.05) is 22.8 Å². The lowest BCUT2D eigenvalue weighted by Gasteiger charge is -2.19. The molecule has 1 heterocycles. The quantitative estimate of drug-likeness (QED) is 0.442. The van der Waals surface area contributed by atoms with Gasteiger partial charge < -0.3 is 9.30 Å². The molecule has 0 amide bonds. The van der Waals surface area contributed by atoms with Crippen molar-refractivity contribution in [2.24, 2.45) is 0 Å². The van der Waals surface area contributed by atoms with Gasteiger partial charge in [-0.1, -0.05) is 60.5 Å². The average molecular weight is 422 g/mol. The van der Waals surface area contributed by atoms with E-state index in [9.17, 15) is 4.79 Å². The van der Waals surface area contributed by atoms with Crippen molar-refractivity contribution in [3.05, 3.63) is 97.9 Å². The molecule has 1 aromatic heterocycles. The average Bonchev–Trinajstić information content (AvgIpc) is 3.60. The van der Waals surface area contributed by atoms with E-state index in [0.717, 1.165) is 42.7 Å². The highest BCUT2D eigenvalue weighted by atomic mass is 35.5. The Hall–Kier alpha value is -2.52. The molecule has 0 bridgehead atoms. The summed E-state index contributed by atoms with van der Waals surface area (Å²) >= 11 is 6.35. The van der Waals surface area contributed by atoms with Gasteiger partial charge in [0.25, 0.3) is 5.56 Å². The topological polar surface area (TPSA) is 31.2 Å². The van der Waals surface area contributed by atoms with Crippen LogP contribution >= 0.6 is 11.6 Å². The molecule has 0 spiro atoms. The predicted octanol–water partition coefficient (Wildman–Crippen LogP) is 6.07. The molecule has 0 N–H and O–H groups in total. The minimum absolute atomic E-state index is 0.130. The molecule has 1 saturated carbocycles. The van der Waals surface area contributed by atoms with Gasteiger partial charge in [0.15, 0.2) is 0 Å². The van der Waals surface area contributed by atoms with Crippen LogP contribution in [0.15, 0.2) is 59.4 Å². The zero-order chi connectivity index (χ0) is 21.1. The molecule has 3 nitrogen and oxygen atoms in total. The van der Waals surface area contributed by atoms with E-state index >= 15 is 0 Å². The van der Waals surface area contributed by atoms with Crippen molar-refractivity contribution in [1.82, 2.24) is 4.57 Å². The van der Waals surface area contributed by atoms with Crippen molar-refractivity contribution in [2.75, 3.05) is 0 Å². The summed E-state index contributed by atoms with van der Waals surface area (Å²) in [7, 11) is 0. The van der Waals surface area contributed by atoms with Crippen LogP contribution in [-0.4, -0.2) is 4.57 Å². The number of benzene rings is 2. The van der Waals surface area contributed by atoms with Crippen molar-refractivity contribution >= 4 is 11.6 Å². The maximum atomic E-state index is 12.9. The van der Waals surface area contributed by atoms with Gasteiger partial charge in [-0.15, -0.1) is 0 Å². The summed E-state index contributed by atoms with van der Waals surface area (Å²) in [6.45, 7) is 5.18. The van der Waals surface area contributed by atoms with Crippen LogP contribution in [0.4, 0.5) is 0 Å². The maximum Gasteiger partial charge on any atom is 0.269 e. The third-order valence-electron chi connectivity index (χ3n) is 5.83. The minimum Gasteiger partial charge on any atom is -0.487 e. The standard InChI is InChI=1S/C26H28ClNO2/c1-3-19-5-4-6-22(15-19)30-17-25-23(21-11-12-21)16-24(27)26(29)28(25)14-13-20-9-7-18(2)8-10-20/h4-10,15-16,21H,3,11-14,17H2,1-2H3. The normalized spacial score (nSPS) is 13.4. The molecule has 1 aliphatic carbocycles. The fourth-order valence-corrected chi connectivity index (χ4v) is 4.06. The maximum absolute atomic E-state index is 12.9. The van der Waals surface area contributed by atoms with Crippen molar-refractivity contribution in [3.63, 3.8) is 0 Å². The van der Waals surface area contributed by atoms with Crippen LogP contribution in [-0.2, 0) is 26.0 Å².